The Balaban J connectivity index is 1.91. The molecule has 2 heterocycles. The summed E-state index contributed by atoms with van der Waals surface area (Å²) in [6.45, 7) is 2.32. The summed E-state index contributed by atoms with van der Waals surface area (Å²) in [5.74, 6) is 0.173. The van der Waals surface area contributed by atoms with Crippen molar-refractivity contribution in [1.29, 1.82) is 0 Å². The van der Waals surface area contributed by atoms with Crippen molar-refractivity contribution >= 4 is 5.97 Å². The van der Waals surface area contributed by atoms with E-state index in [9.17, 15) is 9.59 Å². The predicted molar refractivity (Wildman–Crippen MR) is 113 cm³/mol. The van der Waals surface area contributed by atoms with E-state index >= 15 is 0 Å². The Labute approximate surface area is 173 Å². The van der Waals surface area contributed by atoms with Crippen LogP contribution in [-0.4, -0.2) is 34.5 Å². The van der Waals surface area contributed by atoms with Crippen LogP contribution < -0.4 is 10.3 Å². The van der Waals surface area contributed by atoms with E-state index in [1.54, 1.807) is 24.1 Å². The van der Waals surface area contributed by atoms with E-state index in [0.29, 0.717) is 23.5 Å². The Kier molecular flexibility index (Phi) is 5.10. The first kappa shape index (κ1) is 19.4. The van der Waals surface area contributed by atoms with Crippen molar-refractivity contribution in [3.8, 4) is 22.7 Å². The fourth-order valence-electron chi connectivity index (χ4n) is 3.51. The van der Waals surface area contributed by atoms with Gasteiger partial charge >= 0.3 is 5.97 Å². The van der Waals surface area contributed by atoms with Crippen molar-refractivity contribution < 1.29 is 14.3 Å². The lowest BCUT2D eigenvalue weighted by atomic mass is 10.1. The molecule has 2 aromatic carbocycles. The number of benzene rings is 2. The van der Waals surface area contributed by atoms with Crippen molar-refractivity contribution in [3.05, 3.63) is 88.0 Å². The van der Waals surface area contributed by atoms with Gasteiger partial charge in [0.1, 0.15) is 17.0 Å². The van der Waals surface area contributed by atoms with Crippen LogP contribution in [0.1, 0.15) is 21.5 Å². The fourth-order valence-corrected chi connectivity index (χ4v) is 3.51. The molecule has 2 aliphatic heterocycles. The molecule has 0 aromatic heterocycles. The predicted octanol–water partition coefficient (Wildman–Crippen LogP) is 3.29. The summed E-state index contributed by atoms with van der Waals surface area (Å²) in [4.78, 5) is 25.6. The first-order valence-electron chi connectivity index (χ1n) is 9.42. The van der Waals surface area contributed by atoms with E-state index in [2.05, 4.69) is 5.10 Å². The van der Waals surface area contributed by atoms with Gasteiger partial charge in [0.05, 0.1) is 32.0 Å². The molecule has 0 fully saturated rings. The van der Waals surface area contributed by atoms with Crippen molar-refractivity contribution in [2.24, 2.45) is 0 Å². The number of rotatable bonds is 5. The number of carbonyl (C=O) groups is 1. The van der Waals surface area contributed by atoms with E-state index in [0.717, 1.165) is 16.9 Å². The average Bonchev–Trinajstić information content (AvgIpc) is 3.09. The number of hydrogen-bond donors (Lipinski definition) is 0. The second kappa shape index (κ2) is 7.87. The van der Waals surface area contributed by atoms with Gasteiger partial charge in [-0.1, -0.05) is 36.4 Å². The number of methoxy groups -OCH3 is 2. The van der Waals surface area contributed by atoms with Crippen molar-refractivity contribution in [1.82, 2.24) is 14.3 Å². The fraction of sp³-hybridized carbons (Fsp3) is 0.174. The second-order valence-electron chi connectivity index (χ2n) is 6.91. The highest BCUT2D eigenvalue weighted by molar-refractivity contribution is 5.96. The Morgan fingerprint density at radius 1 is 1.03 bits per heavy atom. The molecule has 0 radical (unpaired) electrons. The third kappa shape index (κ3) is 3.34. The number of fused-ring (bicyclic) bond motifs is 1. The minimum Gasteiger partial charge on any atom is -0.496 e. The molecule has 0 spiro atoms. The quantitative estimate of drug-likeness (QED) is 0.478. The summed E-state index contributed by atoms with van der Waals surface area (Å²) in [6, 6.07) is 15.1. The highest BCUT2D eigenvalue weighted by atomic mass is 16.5. The molecule has 0 saturated carbocycles. The number of ether oxygens (including phenoxy) is 2. The van der Waals surface area contributed by atoms with Crippen molar-refractivity contribution in [2.45, 2.75) is 13.5 Å². The lowest BCUT2D eigenvalue weighted by Gasteiger charge is -2.13. The summed E-state index contributed by atoms with van der Waals surface area (Å²) < 4.78 is 13.5. The molecule has 0 unspecified atom stereocenters. The first-order valence-corrected chi connectivity index (χ1v) is 9.42. The Morgan fingerprint density at radius 2 is 1.77 bits per heavy atom. The van der Waals surface area contributed by atoms with Gasteiger partial charge in [-0.3, -0.25) is 4.79 Å². The number of para-hydroxylation sites is 2. The molecule has 0 amide bonds. The zero-order chi connectivity index (χ0) is 21.3. The maximum absolute atomic E-state index is 13.2. The molecule has 0 aliphatic carbocycles. The van der Waals surface area contributed by atoms with Gasteiger partial charge in [0.15, 0.2) is 0 Å². The molecule has 0 saturated heterocycles. The van der Waals surface area contributed by atoms with Gasteiger partial charge in [-0.15, -0.1) is 0 Å². The van der Waals surface area contributed by atoms with Gasteiger partial charge in [-0.05, 0) is 24.6 Å². The molecule has 0 atom stereocenters. The monoisotopic (exact) mass is 403 g/mol. The lowest BCUT2D eigenvalue weighted by Crippen LogP contribution is -2.16. The van der Waals surface area contributed by atoms with E-state index in [-0.39, 0.29) is 11.1 Å². The van der Waals surface area contributed by atoms with Crippen LogP contribution in [0, 0.1) is 6.92 Å². The van der Waals surface area contributed by atoms with Gasteiger partial charge in [0, 0.05) is 18.0 Å². The van der Waals surface area contributed by atoms with Gasteiger partial charge in [-0.2, -0.15) is 9.78 Å². The number of aryl methyl sites for hydroxylation is 1. The van der Waals surface area contributed by atoms with Gasteiger partial charge in [0.2, 0.25) is 0 Å². The van der Waals surface area contributed by atoms with E-state index in [1.165, 1.54) is 11.8 Å². The summed E-state index contributed by atoms with van der Waals surface area (Å²) in [5.41, 5.74) is 3.09. The van der Waals surface area contributed by atoms with Crippen LogP contribution in [0.2, 0.25) is 0 Å². The first-order chi connectivity index (χ1) is 14.5. The van der Waals surface area contributed by atoms with E-state index in [4.69, 9.17) is 9.47 Å². The molecule has 2 aromatic rings. The third-order valence-electron chi connectivity index (χ3n) is 5.02. The molecule has 4 rings (SSSR count). The Morgan fingerprint density at radius 3 is 2.50 bits per heavy atom. The molecular weight excluding hydrogens is 382 g/mol. The molecule has 2 aliphatic rings. The van der Waals surface area contributed by atoms with Crippen LogP contribution in [0.3, 0.4) is 0 Å². The Bertz CT molecular complexity index is 1260. The largest absolute Gasteiger partial charge is 0.496 e. The lowest BCUT2D eigenvalue weighted by molar-refractivity contribution is 0.0600. The number of hydrogen-bond acceptors (Lipinski definition) is 5. The van der Waals surface area contributed by atoms with Gasteiger partial charge in [-0.25, -0.2) is 4.79 Å². The van der Waals surface area contributed by atoms with E-state index < -0.39 is 5.97 Å². The second-order valence-corrected chi connectivity index (χ2v) is 6.91. The minimum absolute atomic E-state index is 0.231. The number of nitrogens with zero attached hydrogens (tertiary/aromatic N) is 3. The topological polar surface area (TPSA) is 75.3 Å². The van der Waals surface area contributed by atoms with Crippen LogP contribution in [0.5, 0.6) is 5.75 Å². The maximum Gasteiger partial charge on any atom is 0.341 e. The summed E-state index contributed by atoms with van der Waals surface area (Å²) in [6.07, 6.45) is 3.35. The van der Waals surface area contributed by atoms with Crippen molar-refractivity contribution in [2.75, 3.05) is 14.2 Å². The normalized spacial score (nSPS) is 10.9. The molecule has 0 bridgehead atoms. The van der Waals surface area contributed by atoms with Crippen LogP contribution in [0.25, 0.3) is 16.9 Å². The number of carbonyl (C=O) groups excluding carboxylic acids is 1. The number of aromatic nitrogens is 3. The highest BCUT2D eigenvalue weighted by Crippen LogP contribution is 2.25. The average molecular weight is 403 g/mol. The number of esters is 1. The van der Waals surface area contributed by atoms with E-state index in [1.807, 2.05) is 55.5 Å². The maximum atomic E-state index is 13.2. The highest BCUT2D eigenvalue weighted by Gasteiger charge is 2.25. The SMILES string of the molecule is COC(=O)c1cn(Cc2ccccc2OC)cc2c(=O)n(-c3ccccc3C)nc1-2. The van der Waals surface area contributed by atoms with Gasteiger partial charge < -0.3 is 14.0 Å². The molecule has 30 heavy (non-hydrogen) atoms. The van der Waals surface area contributed by atoms with Gasteiger partial charge in [0.25, 0.3) is 5.56 Å². The standard InChI is InChI=1S/C23H21N3O4/c1-15-8-4-6-10-19(15)26-22(27)17-13-25(12-16-9-5-7-11-20(16)29-2)14-18(21(17)24-26)23(28)30-3/h4-11,13-14H,12H2,1-3H3. The third-order valence-corrected chi connectivity index (χ3v) is 5.02. The summed E-state index contributed by atoms with van der Waals surface area (Å²) >= 11 is 0. The minimum atomic E-state index is -0.552. The molecule has 7 heteroatoms. The van der Waals surface area contributed by atoms with Crippen LogP contribution in [0.15, 0.2) is 65.7 Å². The smallest absolute Gasteiger partial charge is 0.341 e. The molecule has 7 nitrogen and oxygen atoms in total. The zero-order valence-electron chi connectivity index (χ0n) is 17.0. The zero-order valence-corrected chi connectivity index (χ0v) is 17.0. The number of pyridine rings is 1. The molecule has 0 N–H and O–H groups in total. The summed E-state index contributed by atoms with van der Waals surface area (Å²) in [7, 11) is 2.91. The van der Waals surface area contributed by atoms with Crippen molar-refractivity contribution in [3.63, 3.8) is 0 Å². The molecular formula is C23H21N3O4. The Hall–Kier alpha value is -3.87. The molecule has 152 valence electrons. The van der Waals surface area contributed by atoms with Crippen LogP contribution >= 0.6 is 0 Å². The van der Waals surface area contributed by atoms with Crippen LogP contribution in [0.4, 0.5) is 0 Å². The van der Waals surface area contributed by atoms with Crippen LogP contribution in [-0.2, 0) is 11.3 Å². The summed E-state index contributed by atoms with van der Waals surface area (Å²) in [5, 5.41) is 4.46.